The maximum Gasteiger partial charge on any atom is 0.312 e. The minimum atomic E-state index is -1.28. The van der Waals surface area contributed by atoms with Crippen LogP contribution in [0.15, 0.2) is 60.7 Å². The number of benzene rings is 2. The van der Waals surface area contributed by atoms with E-state index >= 15 is 0 Å². The number of hydrogen-bond donors (Lipinski definition) is 2. The van der Waals surface area contributed by atoms with Crippen molar-refractivity contribution in [3.05, 3.63) is 71.8 Å². The second kappa shape index (κ2) is 7.76. The Labute approximate surface area is 165 Å². The summed E-state index contributed by atoms with van der Waals surface area (Å²) >= 11 is 0. The molecule has 0 unspecified atom stereocenters. The van der Waals surface area contributed by atoms with Gasteiger partial charge in [-0.25, -0.2) is 0 Å². The summed E-state index contributed by atoms with van der Waals surface area (Å²) in [7, 11) is 0. The molecule has 1 aliphatic rings. The quantitative estimate of drug-likeness (QED) is 0.835. The highest BCUT2D eigenvalue weighted by molar-refractivity contribution is 5.88. The molecule has 0 aromatic heterocycles. The molecular formula is C23H27NO4. The van der Waals surface area contributed by atoms with Crippen molar-refractivity contribution in [2.24, 2.45) is 5.41 Å². The molecule has 0 saturated carbocycles. The number of carboxylic acid groups (broad SMARTS) is 1. The van der Waals surface area contributed by atoms with Gasteiger partial charge in [-0.1, -0.05) is 60.7 Å². The van der Waals surface area contributed by atoms with Crippen LogP contribution in [0.3, 0.4) is 0 Å². The van der Waals surface area contributed by atoms with Crippen molar-refractivity contribution in [3.63, 3.8) is 0 Å². The van der Waals surface area contributed by atoms with Crippen LogP contribution in [0, 0.1) is 5.41 Å². The number of amides is 1. The van der Waals surface area contributed by atoms with Crippen LogP contribution in [0.25, 0.3) is 0 Å². The summed E-state index contributed by atoms with van der Waals surface area (Å²) in [6, 6.07) is 18.8. The van der Waals surface area contributed by atoms with Crippen LogP contribution in [0.1, 0.15) is 31.4 Å². The molecule has 5 nitrogen and oxygen atoms in total. The zero-order valence-corrected chi connectivity index (χ0v) is 16.3. The number of nitrogens with zero attached hydrogens (tertiary/aromatic N) is 1. The van der Waals surface area contributed by atoms with Gasteiger partial charge in [-0.15, -0.1) is 0 Å². The average molecular weight is 381 g/mol. The van der Waals surface area contributed by atoms with Crippen molar-refractivity contribution >= 4 is 11.9 Å². The number of rotatable bonds is 5. The smallest absolute Gasteiger partial charge is 0.312 e. The summed E-state index contributed by atoms with van der Waals surface area (Å²) in [5.41, 5.74) is -0.263. The van der Waals surface area contributed by atoms with Crippen LogP contribution in [-0.2, 0) is 21.4 Å². The first-order chi connectivity index (χ1) is 13.3. The minimum Gasteiger partial charge on any atom is -0.481 e. The van der Waals surface area contributed by atoms with Gasteiger partial charge in [-0.2, -0.15) is 0 Å². The first kappa shape index (κ1) is 20.1. The Morgan fingerprint density at radius 3 is 2.18 bits per heavy atom. The molecule has 1 heterocycles. The maximum absolute atomic E-state index is 13.2. The van der Waals surface area contributed by atoms with Crippen molar-refractivity contribution in [1.82, 2.24) is 4.90 Å². The number of aliphatic carboxylic acids is 1. The Bertz CT molecular complexity index is 834. The summed E-state index contributed by atoms with van der Waals surface area (Å²) in [5.74, 6) is -1.12. The Morgan fingerprint density at radius 1 is 1.07 bits per heavy atom. The molecule has 5 heteroatoms. The lowest BCUT2D eigenvalue weighted by atomic mass is 9.71. The standard InChI is InChI=1S/C23H27NO4/c1-22(2,18-11-7-4-8-12-18)20(26)24-14-13-23(21(27)28,19(25)16-24)15-17-9-5-3-6-10-17/h3-12,19,25H,13-16H2,1-2H3,(H,27,28)/t19-,23+/m0/s1. The van der Waals surface area contributed by atoms with Gasteiger partial charge in [-0.3, -0.25) is 9.59 Å². The lowest BCUT2D eigenvalue weighted by Gasteiger charge is -2.44. The zero-order valence-electron chi connectivity index (χ0n) is 16.3. The highest BCUT2D eigenvalue weighted by Gasteiger charge is 2.50. The van der Waals surface area contributed by atoms with E-state index in [0.717, 1.165) is 11.1 Å². The van der Waals surface area contributed by atoms with Gasteiger partial charge in [0.25, 0.3) is 0 Å². The van der Waals surface area contributed by atoms with E-state index in [-0.39, 0.29) is 25.3 Å². The number of aliphatic hydroxyl groups is 1. The molecule has 2 aromatic carbocycles. The third-order valence-corrected chi connectivity index (χ3v) is 5.96. The van der Waals surface area contributed by atoms with Gasteiger partial charge in [0.15, 0.2) is 0 Å². The first-order valence-electron chi connectivity index (χ1n) is 9.58. The fraction of sp³-hybridized carbons (Fsp3) is 0.391. The normalized spacial score (nSPS) is 22.7. The van der Waals surface area contributed by atoms with E-state index in [9.17, 15) is 19.8 Å². The molecule has 2 N–H and O–H groups in total. The Morgan fingerprint density at radius 2 is 1.64 bits per heavy atom. The van der Waals surface area contributed by atoms with Crippen molar-refractivity contribution in [2.75, 3.05) is 13.1 Å². The Hall–Kier alpha value is -2.66. The molecule has 0 bridgehead atoms. The van der Waals surface area contributed by atoms with E-state index in [2.05, 4.69) is 0 Å². The lowest BCUT2D eigenvalue weighted by molar-refractivity contribution is -0.167. The van der Waals surface area contributed by atoms with Gasteiger partial charge in [0.2, 0.25) is 5.91 Å². The highest BCUT2D eigenvalue weighted by atomic mass is 16.4. The number of piperidine rings is 1. The number of carbonyl (C=O) groups excluding carboxylic acids is 1. The van der Waals surface area contributed by atoms with Crippen LogP contribution in [-0.4, -0.2) is 46.2 Å². The van der Waals surface area contributed by atoms with Gasteiger partial charge in [-0.05, 0) is 37.8 Å². The van der Waals surface area contributed by atoms with Crippen LogP contribution < -0.4 is 0 Å². The fourth-order valence-electron chi connectivity index (χ4n) is 4.03. The monoisotopic (exact) mass is 381 g/mol. The van der Waals surface area contributed by atoms with E-state index in [1.54, 1.807) is 4.90 Å². The van der Waals surface area contributed by atoms with E-state index in [4.69, 9.17) is 0 Å². The van der Waals surface area contributed by atoms with Gasteiger partial charge in [0.1, 0.15) is 5.41 Å². The van der Waals surface area contributed by atoms with Crippen molar-refractivity contribution < 1.29 is 19.8 Å². The molecular weight excluding hydrogens is 354 g/mol. The van der Waals surface area contributed by atoms with E-state index < -0.39 is 22.9 Å². The second-order valence-electron chi connectivity index (χ2n) is 8.13. The molecule has 1 fully saturated rings. The Kier molecular flexibility index (Phi) is 5.57. The van der Waals surface area contributed by atoms with Gasteiger partial charge in [0.05, 0.1) is 11.5 Å². The number of aliphatic hydroxyl groups excluding tert-OH is 1. The van der Waals surface area contributed by atoms with Gasteiger partial charge < -0.3 is 15.1 Å². The Balaban J connectivity index is 1.79. The maximum atomic E-state index is 13.2. The predicted molar refractivity (Wildman–Crippen MR) is 107 cm³/mol. The lowest BCUT2D eigenvalue weighted by Crippen LogP contribution is -2.59. The molecule has 0 aliphatic carbocycles. The number of β-amino-alcohol motifs (C(OH)–C–C–N with tert-alkyl or cyclic N) is 1. The summed E-state index contributed by atoms with van der Waals surface area (Å²) in [5, 5.41) is 20.8. The summed E-state index contributed by atoms with van der Waals surface area (Å²) in [6.45, 7) is 4.06. The summed E-state index contributed by atoms with van der Waals surface area (Å²) < 4.78 is 0. The second-order valence-corrected chi connectivity index (χ2v) is 8.13. The first-order valence-corrected chi connectivity index (χ1v) is 9.58. The van der Waals surface area contributed by atoms with E-state index in [1.165, 1.54) is 0 Å². The molecule has 28 heavy (non-hydrogen) atoms. The number of hydrogen-bond acceptors (Lipinski definition) is 3. The SMILES string of the molecule is CC(C)(C(=O)N1CC[C@](Cc2ccccc2)(C(=O)O)[C@@H](O)C1)c1ccccc1. The minimum absolute atomic E-state index is 0.0221. The van der Waals surface area contributed by atoms with Crippen molar-refractivity contribution in [1.29, 1.82) is 0 Å². The molecule has 1 aliphatic heterocycles. The van der Waals surface area contributed by atoms with E-state index in [1.807, 2.05) is 74.5 Å². The molecule has 1 saturated heterocycles. The van der Waals surface area contributed by atoms with Gasteiger partial charge in [0, 0.05) is 13.1 Å². The molecule has 0 spiro atoms. The third-order valence-electron chi connectivity index (χ3n) is 5.96. The highest BCUT2D eigenvalue weighted by Crippen LogP contribution is 2.37. The van der Waals surface area contributed by atoms with E-state index in [0.29, 0.717) is 6.54 Å². The zero-order chi connectivity index (χ0) is 20.4. The molecule has 1 amide bonds. The molecule has 3 rings (SSSR count). The fourth-order valence-corrected chi connectivity index (χ4v) is 4.03. The van der Waals surface area contributed by atoms with Crippen LogP contribution in [0.2, 0.25) is 0 Å². The number of carbonyl (C=O) groups is 2. The molecule has 0 radical (unpaired) electrons. The number of carboxylic acids is 1. The van der Waals surface area contributed by atoms with Crippen LogP contribution in [0.5, 0.6) is 0 Å². The van der Waals surface area contributed by atoms with Crippen molar-refractivity contribution in [3.8, 4) is 0 Å². The van der Waals surface area contributed by atoms with Crippen LogP contribution >= 0.6 is 0 Å². The summed E-state index contributed by atoms with van der Waals surface area (Å²) in [4.78, 5) is 26.9. The molecule has 2 aromatic rings. The van der Waals surface area contributed by atoms with Gasteiger partial charge >= 0.3 is 5.97 Å². The molecule has 2 atom stereocenters. The summed E-state index contributed by atoms with van der Waals surface area (Å²) in [6.07, 6.45) is -0.668. The average Bonchev–Trinajstić information content (AvgIpc) is 2.70. The largest absolute Gasteiger partial charge is 0.481 e. The predicted octanol–water partition coefficient (Wildman–Crippen LogP) is 2.87. The molecule has 148 valence electrons. The van der Waals surface area contributed by atoms with Crippen molar-refractivity contribution in [2.45, 2.75) is 38.2 Å². The topological polar surface area (TPSA) is 77.8 Å². The van der Waals surface area contributed by atoms with Crippen LogP contribution in [0.4, 0.5) is 0 Å². The third kappa shape index (κ3) is 3.67. The number of likely N-dealkylation sites (tertiary alicyclic amines) is 1.